The van der Waals surface area contributed by atoms with Crippen molar-refractivity contribution in [1.29, 1.82) is 0 Å². The molecule has 39 heavy (non-hydrogen) atoms. The molecule has 0 unspecified atom stereocenters. The molecule has 0 aromatic heterocycles. The molecule has 0 bridgehead atoms. The van der Waals surface area contributed by atoms with Crippen LogP contribution in [0.3, 0.4) is 0 Å². The third kappa shape index (κ3) is 8.27. The van der Waals surface area contributed by atoms with Gasteiger partial charge in [-0.2, -0.15) is 0 Å². The van der Waals surface area contributed by atoms with E-state index in [1.54, 1.807) is 6.92 Å². The van der Waals surface area contributed by atoms with Crippen molar-refractivity contribution in [1.82, 2.24) is 10.6 Å². The maximum atomic E-state index is 11.8. The Morgan fingerprint density at radius 3 is 1.44 bits per heavy atom. The van der Waals surface area contributed by atoms with E-state index in [1.807, 2.05) is 19.9 Å². The average Bonchev–Trinajstić information content (AvgIpc) is 2.72. The molecule has 2 heterocycles. The van der Waals surface area contributed by atoms with Gasteiger partial charge in [0.2, 0.25) is 11.8 Å². The Labute approximate surface area is 239 Å². The minimum Gasteiger partial charge on any atom is -0.481 e. The molecule has 2 aliphatic heterocycles. The predicted molar refractivity (Wildman–Crippen MR) is 162 cm³/mol. The van der Waals surface area contributed by atoms with Gasteiger partial charge >= 0.3 is 5.97 Å². The Bertz CT molecular complexity index is 908. The van der Waals surface area contributed by atoms with Crippen molar-refractivity contribution in [3.63, 3.8) is 0 Å². The van der Waals surface area contributed by atoms with Crippen LogP contribution in [-0.4, -0.2) is 63.8 Å². The Kier molecular flexibility index (Phi) is 11.5. The summed E-state index contributed by atoms with van der Waals surface area (Å²) >= 11 is 0. The zero-order valence-corrected chi connectivity index (χ0v) is 28.9. The van der Waals surface area contributed by atoms with Crippen LogP contribution in [-0.2, 0) is 23.2 Å². The molecular formula is C29H56N2O6Si2. The van der Waals surface area contributed by atoms with E-state index in [4.69, 9.17) is 14.0 Å². The number of carbonyl (C=O) groups is 3. The second-order valence-electron chi connectivity index (χ2n) is 14.5. The van der Waals surface area contributed by atoms with Gasteiger partial charge in [-0.1, -0.05) is 54.5 Å². The van der Waals surface area contributed by atoms with E-state index < -0.39 is 28.5 Å². The molecule has 2 saturated heterocycles. The molecule has 2 amide bonds. The summed E-state index contributed by atoms with van der Waals surface area (Å²) in [4.78, 5) is 34.7. The summed E-state index contributed by atoms with van der Waals surface area (Å²) in [5.41, 5.74) is 0. The monoisotopic (exact) mass is 584 g/mol. The molecule has 0 aliphatic carbocycles. The van der Waals surface area contributed by atoms with Crippen LogP contribution in [0.4, 0.5) is 0 Å². The Morgan fingerprint density at radius 1 is 0.821 bits per heavy atom. The van der Waals surface area contributed by atoms with E-state index in [0.29, 0.717) is 0 Å². The third-order valence-electron chi connectivity index (χ3n) is 9.45. The van der Waals surface area contributed by atoms with Gasteiger partial charge in [0.05, 0.1) is 36.0 Å². The summed E-state index contributed by atoms with van der Waals surface area (Å²) in [6.45, 7) is 33.2. The number of carboxylic acid groups (broad SMARTS) is 1. The van der Waals surface area contributed by atoms with Crippen LogP contribution < -0.4 is 10.6 Å². The highest BCUT2D eigenvalue weighted by Crippen LogP contribution is 2.40. The standard InChI is InChI=1S/C15H29NO2Si.C14H27NO4Si/c1-9-10(2)13-12(14(17)16-13)11(3)18-19(7,8)15(4,5)6;1-8(13(17)18)11-10(12(16)15-11)9(2)19-20(6,7)14(3,4)5/h9-13H,1H2,2-8H3,(H,16,17);8-11H,1-7H3,(H,15,16)(H,17,18)/t10-,11+,12+,13+;8-,9-,10-,11-/m01/s1. The summed E-state index contributed by atoms with van der Waals surface area (Å²) in [7, 11) is -3.78. The highest BCUT2D eigenvalue weighted by molar-refractivity contribution is 6.74. The maximum absolute atomic E-state index is 11.8. The second kappa shape index (κ2) is 12.6. The van der Waals surface area contributed by atoms with E-state index in [-0.39, 0.29) is 63.9 Å². The number of carbonyl (C=O) groups excluding carboxylic acids is 2. The Morgan fingerprint density at radius 2 is 1.15 bits per heavy atom. The van der Waals surface area contributed by atoms with E-state index in [2.05, 4.69) is 91.9 Å². The van der Waals surface area contributed by atoms with Crippen LogP contribution in [0.2, 0.25) is 36.3 Å². The quantitative estimate of drug-likeness (QED) is 0.176. The molecule has 2 rings (SSSR count). The van der Waals surface area contributed by atoms with Gasteiger partial charge in [-0.3, -0.25) is 14.4 Å². The molecule has 0 aromatic carbocycles. The Hall–Kier alpha value is -1.50. The average molecular weight is 585 g/mol. The highest BCUT2D eigenvalue weighted by Gasteiger charge is 2.51. The molecule has 2 aliphatic rings. The number of aliphatic carboxylic acids is 1. The van der Waals surface area contributed by atoms with Crippen LogP contribution in [0.15, 0.2) is 12.7 Å². The van der Waals surface area contributed by atoms with E-state index in [1.165, 1.54) is 0 Å². The first-order chi connectivity index (χ1) is 17.4. The van der Waals surface area contributed by atoms with Gasteiger partial charge in [-0.05, 0) is 63.0 Å². The van der Waals surface area contributed by atoms with Crippen molar-refractivity contribution < 1.29 is 28.3 Å². The lowest BCUT2D eigenvalue weighted by atomic mass is 9.79. The van der Waals surface area contributed by atoms with Crippen molar-refractivity contribution in [2.75, 3.05) is 0 Å². The van der Waals surface area contributed by atoms with Gasteiger partial charge in [0.15, 0.2) is 16.6 Å². The van der Waals surface area contributed by atoms with Crippen molar-refractivity contribution in [2.45, 2.75) is 130 Å². The minimum atomic E-state index is -1.96. The fourth-order valence-electron chi connectivity index (χ4n) is 4.47. The van der Waals surface area contributed by atoms with Gasteiger partial charge in [-0.25, -0.2) is 0 Å². The lowest BCUT2D eigenvalue weighted by Crippen LogP contribution is -2.66. The molecule has 0 spiro atoms. The first-order valence-corrected chi connectivity index (χ1v) is 20.0. The van der Waals surface area contributed by atoms with Crippen LogP contribution in [0.1, 0.15) is 69.2 Å². The van der Waals surface area contributed by atoms with E-state index in [9.17, 15) is 14.4 Å². The molecule has 226 valence electrons. The summed E-state index contributed by atoms with van der Waals surface area (Å²) < 4.78 is 12.6. The smallest absolute Gasteiger partial charge is 0.308 e. The first-order valence-electron chi connectivity index (χ1n) is 14.2. The van der Waals surface area contributed by atoms with Gasteiger partial charge in [0.25, 0.3) is 0 Å². The van der Waals surface area contributed by atoms with Gasteiger partial charge in [0.1, 0.15) is 0 Å². The lowest BCUT2D eigenvalue weighted by molar-refractivity contribution is -0.151. The second-order valence-corrected chi connectivity index (χ2v) is 24.0. The predicted octanol–water partition coefficient (Wildman–Crippen LogP) is 5.57. The summed E-state index contributed by atoms with van der Waals surface area (Å²) in [6, 6.07) is -0.162. The molecule has 0 saturated carbocycles. The molecule has 10 heteroatoms. The largest absolute Gasteiger partial charge is 0.481 e. The normalized spacial score (nSPS) is 26.8. The fraction of sp³-hybridized carbons (Fsp3) is 0.828. The van der Waals surface area contributed by atoms with Crippen LogP contribution in [0.5, 0.6) is 0 Å². The number of hydrogen-bond acceptors (Lipinski definition) is 5. The topological polar surface area (TPSA) is 114 Å². The molecular weight excluding hydrogens is 528 g/mol. The van der Waals surface area contributed by atoms with Crippen molar-refractivity contribution in [2.24, 2.45) is 23.7 Å². The lowest BCUT2D eigenvalue weighted by Gasteiger charge is -2.46. The Balaban J connectivity index is 0.000000391. The van der Waals surface area contributed by atoms with Gasteiger partial charge < -0.3 is 24.6 Å². The molecule has 3 N–H and O–H groups in total. The SMILES string of the molecule is C=C[C@H](C)[C@H]1NC(=O)[C@@H]1[C@@H](C)O[Si](C)(C)C(C)(C)C.C[C@@H](O[Si](C)(C)C(C)(C)C)[C@H]1C(=O)N[C@@H]1[C@@H](C)C(=O)O. The van der Waals surface area contributed by atoms with Crippen molar-refractivity contribution >= 4 is 34.4 Å². The number of amides is 2. The summed E-state index contributed by atoms with van der Waals surface area (Å²) in [5, 5.41) is 15.0. The first kappa shape index (κ1) is 35.5. The molecule has 0 aromatic rings. The van der Waals surface area contributed by atoms with E-state index >= 15 is 0 Å². The molecule has 0 radical (unpaired) electrons. The zero-order valence-electron chi connectivity index (χ0n) is 26.9. The highest BCUT2D eigenvalue weighted by atomic mass is 28.4. The number of rotatable bonds is 10. The fourth-order valence-corrected chi connectivity index (χ4v) is 7.33. The molecule has 2 fully saturated rings. The van der Waals surface area contributed by atoms with Crippen LogP contribution in [0, 0.1) is 23.7 Å². The number of nitrogens with one attached hydrogen (secondary N) is 2. The van der Waals surface area contributed by atoms with Gasteiger partial charge in [0, 0.05) is 6.04 Å². The maximum Gasteiger partial charge on any atom is 0.308 e. The van der Waals surface area contributed by atoms with Gasteiger partial charge in [-0.15, -0.1) is 6.58 Å². The van der Waals surface area contributed by atoms with E-state index in [0.717, 1.165) is 0 Å². The summed E-state index contributed by atoms with van der Waals surface area (Å²) in [6.07, 6.45) is 1.62. The minimum absolute atomic E-state index is 0.0259. The third-order valence-corrected chi connectivity index (χ3v) is 18.6. The van der Waals surface area contributed by atoms with Crippen molar-refractivity contribution in [3.8, 4) is 0 Å². The zero-order chi connectivity index (χ0) is 30.9. The van der Waals surface area contributed by atoms with Crippen LogP contribution in [0.25, 0.3) is 0 Å². The number of β-lactam (4-membered cyclic amide) rings is 2. The molecule has 8 atom stereocenters. The number of carboxylic acids is 1. The van der Waals surface area contributed by atoms with Crippen LogP contribution >= 0.6 is 0 Å². The molecule has 8 nitrogen and oxygen atoms in total. The van der Waals surface area contributed by atoms with Crippen molar-refractivity contribution in [3.05, 3.63) is 12.7 Å². The summed E-state index contributed by atoms with van der Waals surface area (Å²) in [5.74, 6) is -1.59. The number of hydrogen-bond donors (Lipinski definition) is 3.